The van der Waals surface area contributed by atoms with Crippen LogP contribution in [-0.4, -0.2) is 53.5 Å². The van der Waals surface area contributed by atoms with Gasteiger partial charge in [-0.05, 0) is 42.8 Å². The molecule has 6 heteroatoms. The summed E-state index contributed by atoms with van der Waals surface area (Å²) < 4.78 is 6.64. The van der Waals surface area contributed by atoms with Crippen molar-refractivity contribution in [1.82, 2.24) is 14.8 Å². The molecule has 150 valence electrons. The van der Waals surface area contributed by atoms with Crippen LogP contribution in [0.25, 0.3) is 16.3 Å². The Hall–Kier alpha value is -2.70. The molecule has 4 rings (SSSR count). The Morgan fingerprint density at radius 3 is 2.59 bits per heavy atom. The van der Waals surface area contributed by atoms with Gasteiger partial charge in [0.15, 0.2) is 0 Å². The van der Waals surface area contributed by atoms with Crippen molar-refractivity contribution in [3.8, 4) is 5.75 Å². The zero-order chi connectivity index (χ0) is 20.1. The van der Waals surface area contributed by atoms with Crippen LogP contribution in [0.3, 0.4) is 0 Å². The Morgan fingerprint density at radius 2 is 1.86 bits per heavy atom. The molecule has 5 nitrogen and oxygen atoms in total. The molecule has 2 heterocycles. The maximum absolute atomic E-state index is 12.5. The zero-order valence-corrected chi connectivity index (χ0v) is 17.4. The molecule has 0 saturated carbocycles. The standard InChI is InChI=1S/C23H25N3O2S/c1-2-28-19-9-7-18(8-10-19)17-25-13-15-26(16-14-25)23(27)12-11-22-24-20-5-3-4-6-21(20)29-22/h3-12H,2,13-17H2,1H3/b12-11+. The lowest BCUT2D eigenvalue weighted by Crippen LogP contribution is -2.47. The summed E-state index contributed by atoms with van der Waals surface area (Å²) in [5.41, 5.74) is 2.25. The van der Waals surface area contributed by atoms with Gasteiger partial charge in [0.25, 0.3) is 0 Å². The highest BCUT2D eigenvalue weighted by Crippen LogP contribution is 2.22. The second kappa shape index (κ2) is 9.20. The maximum Gasteiger partial charge on any atom is 0.246 e. The minimum absolute atomic E-state index is 0.0602. The summed E-state index contributed by atoms with van der Waals surface area (Å²) in [6, 6.07) is 16.3. The molecule has 1 aromatic heterocycles. The number of para-hydroxylation sites is 1. The number of hydrogen-bond acceptors (Lipinski definition) is 5. The second-order valence-electron chi connectivity index (χ2n) is 7.03. The van der Waals surface area contributed by atoms with E-state index in [0.29, 0.717) is 6.61 Å². The van der Waals surface area contributed by atoms with Crippen molar-refractivity contribution in [3.63, 3.8) is 0 Å². The van der Waals surface area contributed by atoms with Crippen molar-refractivity contribution in [1.29, 1.82) is 0 Å². The average Bonchev–Trinajstić information content (AvgIpc) is 3.17. The van der Waals surface area contributed by atoms with E-state index >= 15 is 0 Å². The van der Waals surface area contributed by atoms with E-state index in [-0.39, 0.29) is 5.91 Å². The summed E-state index contributed by atoms with van der Waals surface area (Å²) in [7, 11) is 0. The molecule has 3 aromatic rings. The van der Waals surface area contributed by atoms with Gasteiger partial charge in [0, 0.05) is 38.8 Å². The van der Waals surface area contributed by atoms with Gasteiger partial charge in [-0.15, -0.1) is 11.3 Å². The van der Waals surface area contributed by atoms with Crippen LogP contribution >= 0.6 is 11.3 Å². The van der Waals surface area contributed by atoms with E-state index in [0.717, 1.165) is 53.7 Å². The molecule has 0 atom stereocenters. The van der Waals surface area contributed by atoms with Crippen LogP contribution in [0.15, 0.2) is 54.6 Å². The lowest BCUT2D eigenvalue weighted by molar-refractivity contribution is -0.127. The lowest BCUT2D eigenvalue weighted by Gasteiger charge is -2.34. The van der Waals surface area contributed by atoms with Crippen LogP contribution < -0.4 is 4.74 Å². The van der Waals surface area contributed by atoms with E-state index in [1.165, 1.54) is 5.56 Å². The molecule has 29 heavy (non-hydrogen) atoms. The van der Waals surface area contributed by atoms with Crippen LogP contribution in [0.2, 0.25) is 0 Å². The van der Waals surface area contributed by atoms with E-state index in [1.54, 1.807) is 17.4 Å². The van der Waals surface area contributed by atoms with Crippen molar-refractivity contribution >= 4 is 33.5 Å². The number of ether oxygens (including phenoxy) is 1. The number of rotatable bonds is 6. The van der Waals surface area contributed by atoms with Crippen LogP contribution in [-0.2, 0) is 11.3 Å². The number of carbonyl (C=O) groups is 1. The Morgan fingerprint density at radius 1 is 1.10 bits per heavy atom. The Labute approximate surface area is 175 Å². The second-order valence-corrected chi connectivity index (χ2v) is 8.09. The predicted molar refractivity (Wildman–Crippen MR) is 118 cm³/mol. The first kappa shape index (κ1) is 19.6. The smallest absolute Gasteiger partial charge is 0.246 e. The summed E-state index contributed by atoms with van der Waals surface area (Å²) >= 11 is 1.61. The van der Waals surface area contributed by atoms with Gasteiger partial charge >= 0.3 is 0 Å². The normalized spacial score (nSPS) is 15.3. The van der Waals surface area contributed by atoms with Gasteiger partial charge in [0.1, 0.15) is 10.8 Å². The summed E-state index contributed by atoms with van der Waals surface area (Å²) in [4.78, 5) is 21.4. The third-order valence-corrected chi connectivity index (χ3v) is 6.01. The number of piperazine rings is 1. The van der Waals surface area contributed by atoms with Crippen LogP contribution in [0.4, 0.5) is 0 Å². The van der Waals surface area contributed by atoms with Gasteiger partial charge < -0.3 is 9.64 Å². The quantitative estimate of drug-likeness (QED) is 0.578. The van der Waals surface area contributed by atoms with Gasteiger partial charge in [-0.1, -0.05) is 24.3 Å². The average molecular weight is 408 g/mol. The van der Waals surface area contributed by atoms with E-state index in [1.807, 2.05) is 48.2 Å². The number of thiazole rings is 1. The van der Waals surface area contributed by atoms with Gasteiger partial charge in [-0.2, -0.15) is 0 Å². The van der Waals surface area contributed by atoms with E-state index in [9.17, 15) is 4.79 Å². The van der Waals surface area contributed by atoms with Crippen molar-refractivity contribution < 1.29 is 9.53 Å². The van der Waals surface area contributed by atoms with E-state index in [2.05, 4.69) is 28.1 Å². The summed E-state index contributed by atoms with van der Waals surface area (Å²) in [5, 5.41) is 0.869. The van der Waals surface area contributed by atoms with Crippen molar-refractivity contribution in [3.05, 3.63) is 65.2 Å². The number of fused-ring (bicyclic) bond motifs is 1. The highest BCUT2D eigenvalue weighted by molar-refractivity contribution is 7.19. The SMILES string of the molecule is CCOc1ccc(CN2CCN(C(=O)/C=C/c3nc4ccccc4s3)CC2)cc1. The number of hydrogen-bond donors (Lipinski definition) is 0. The molecule has 2 aromatic carbocycles. The topological polar surface area (TPSA) is 45.7 Å². The third-order valence-electron chi connectivity index (χ3n) is 5.00. The molecule has 0 radical (unpaired) electrons. The maximum atomic E-state index is 12.5. The van der Waals surface area contributed by atoms with Crippen molar-refractivity contribution in [2.75, 3.05) is 32.8 Å². The fourth-order valence-corrected chi connectivity index (χ4v) is 4.32. The highest BCUT2D eigenvalue weighted by Gasteiger charge is 2.19. The monoisotopic (exact) mass is 407 g/mol. The van der Waals surface area contributed by atoms with Crippen LogP contribution in [0.5, 0.6) is 5.75 Å². The number of carbonyl (C=O) groups excluding carboxylic acids is 1. The lowest BCUT2D eigenvalue weighted by atomic mass is 10.2. The molecule has 0 N–H and O–H groups in total. The first-order valence-corrected chi connectivity index (χ1v) is 10.8. The first-order chi connectivity index (χ1) is 14.2. The molecule has 0 spiro atoms. The molecule has 0 bridgehead atoms. The molecular weight excluding hydrogens is 382 g/mol. The summed E-state index contributed by atoms with van der Waals surface area (Å²) in [5.74, 6) is 0.969. The largest absolute Gasteiger partial charge is 0.494 e. The molecule has 1 amide bonds. The molecule has 1 aliphatic rings. The Kier molecular flexibility index (Phi) is 6.22. The minimum Gasteiger partial charge on any atom is -0.494 e. The highest BCUT2D eigenvalue weighted by atomic mass is 32.1. The number of nitrogens with zero attached hydrogens (tertiary/aromatic N) is 3. The summed E-state index contributed by atoms with van der Waals surface area (Å²) in [6.07, 6.45) is 3.49. The molecule has 1 fully saturated rings. The molecular formula is C23H25N3O2S. The van der Waals surface area contributed by atoms with Crippen LogP contribution in [0.1, 0.15) is 17.5 Å². The fraction of sp³-hybridized carbons (Fsp3) is 0.304. The molecule has 1 saturated heterocycles. The predicted octanol–water partition coefficient (Wildman–Crippen LogP) is 4.05. The van der Waals surface area contributed by atoms with E-state index < -0.39 is 0 Å². The van der Waals surface area contributed by atoms with Gasteiger partial charge in [-0.25, -0.2) is 4.98 Å². The third kappa shape index (κ3) is 5.02. The van der Waals surface area contributed by atoms with Crippen molar-refractivity contribution in [2.45, 2.75) is 13.5 Å². The first-order valence-electron chi connectivity index (χ1n) is 9.98. The molecule has 1 aliphatic heterocycles. The molecule has 0 aliphatic carbocycles. The zero-order valence-electron chi connectivity index (χ0n) is 16.6. The Bertz CT molecular complexity index is 956. The number of amides is 1. The Balaban J connectivity index is 1.27. The van der Waals surface area contributed by atoms with Crippen molar-refractivity contribution in [2.24, 2.45) is 0 Å². The number of aromatic nitrogens is 1. The van der Waals surface area contributed by atoms with Gasteiger partial charge in [-0.3, -0.25) is 9.69 Å². The van der Waals surface area contributed by atoms with Gasteiger partial charge in [0.2, 0.25) is 5.91 Å². The summed E-state index contributed by atoms with van der Waals surface area (Å²) in [6.45, 7) is 6.84. The number of benzene rings is 2. The van der Waals surface area contributed by atoms with Crippen LogP contribution in [0, 0.1) is 0 Å². The van der Waals surface area contributed by atoms with Gasteiger partial charge in [0.05, 0.1) is 16.8 Å². The minimum atomic E-state index is 0.0602. The fourth-order valence-electron chi connectivity index (χ4n) is 3.45. The molecule has 0 unspecified atom stereocenters. The van der Waals surface area contributed by atoms with E-state index in [4.69, 9.17) is 4.74 Å².